The molecule has 0 spiro atoms. The molecule has 0 aromatic heterocycles. The van der Waals surface area contributed by atoms with Crippen molar-refractivity contribution in [2.75, 3.05) is 31.6 Å². The third-order valence-electron chi connectivity index (χ3n) is 11.1. The van der Waals surface area contributed by atoms with Crippen molar-refractivity contribution in [2.45, 2.75) is 98.3 Å². The van der Waals surface area contributed by atoms with Gasteiger partial charge in [-0.25, -0.2) is 8.78 Å². The maximum Gasteiger partial charge on any atom is 0.242 e. The number of carbonyl (C=O) groups is 1. The van der Waals surface area contributed by atoms with Gasteiger partial charge in [0.15, 0.2) is 0 Å². The highest BCUT2D eigenvalue weighted by Gasteiger charge is 2.24. The van der Waals surface area contributed by atoms with Crippen molar-refractivity contribution in [3.05, 3.63) is 142 Å². The van der Waals surface area contributed by atoms with Crippen LogP contribution in [0.3, 0.4) is 0 Å². The van der Waals surface area contributed by atoms with Gasteiger partial charge < -0.3 is 14.7 Å². The van der Waals surface area contributed by atoms with Crippen molar-refractivity contribution in [2.24, 2.45) is 0 Å². The summed E-state index contributed by atoms with van der Waals surface area (Å²) in [6.07, 6.45) is 6.05. The van der Waals surface area contributed by atoms with Crippen molar-refractivity contribution in [3.63, 3.8) is 0 Å². The lowest BCUT2D eigenvalue weighted by atomic mass is 9.96. The Morgan fingerprint density at radius 2 is 1.59 bits per heavy atom. The molecule has 6 heteroatoms. The normalized spacial score (nSPS) is 15.4. The molecule has 0 radical (unpaired) electrons. The van der Waals surface area contributed by atoms with E-state index in [1.54, 1.807) is 31.7 Å². The van der Waals surface area contributed by atoms with Crippen LogP contribution in [-0.4, -0.2) is 48.4 Å². The Bertz CT molecular complexity index is 1920. The van der Waals surface area contributed by atoms with Crippen LogP contribution in [0.4, 0.5) is 14.5 Å². The first-order valence-electron chi connectivity index (χ1n) is 19.6. The summed E-state index contributed by atoms with van der Waals surface area (Å²) in [5.74, 6) is -0.220. The molecule has 4 nitrogen and oxygen atoms in total. The number of alkyl halides is 1. The molecule has 4 aromatic carbocycles. The van der Waals surface area contributed by atoms with Crippen LogP contribution in [0.25, 0.3) is 16.7 Å². The number of anilines is 1. The van der Waals surface area contributed by atoms with Gasteiger partial charge in [0.25, 0.3) is 0 Å². The standard InChI is InChI=1S/C41H44F2N2O.C7H15N/c1-28-10-9-11-35(40(28)42)17-14-29(2)45(38-13-8-7-12-37(38)30(3)32-20-21-32)27-39(46)44(6)26-31-15-18-33(19-16-31)34-22-24-36(25-23-34)41(4,5)43;1-3-8-6-4-5-7(8)2/h7-13,15-16,18-19,22-25H,2,14,17,20-21,26-27H2,1,3-6H3;7H,3-6H2,1-2H3. The molecule has 286 valence electrons. The van der Waals surface area contributed by atoms with Crippen LogP contribution in [0.2, 0.25) is 0 Å². The lowest BCUT2D eigenvalue weighted by Crippen LogP contribution is -2.38. The summed E-state index contributed by atoms with van der Waals surface area (Å²) in [6, 6.07) is 30.2. The second kappa shape index (κ2) is 18.2. The van der Waals surface area contributed by atoms with Gasteiger partial charge in [0, 0.05) is 36.6 Å². The number of likely N-dealkylation sites (tertiary alicyclic amines) is 1. The number of amides is 1. The number of hydrogen-bond acceptors (Lipinski definition) is 3. The molecular weight excluding hydrogens is 673 g/mol. The van der Waals surface area contributed by atoms with Crippen LogP contribution < -0.4 is 4.90 Å². The van der Waals surface area contributed by atoms with Crippen molar-refractivity contribution in [1.29, 1.82) is 0 Å². The maximum absolute atomic E-state index is 14.8. The SMILES string of the molecule is C=C(CCc1cccc(C)c1F)N(CC(=O)N(C)Cc1ccc(-c2ccc(C(C)(C)F)cc2)cc1)c1ccccc1C(C)=C1CC1.CCN1CCCC1C. The Balaban J connectivity index is 0.000000621. The zero-order valence-electron chi connectivity index (χ0n) is 33.5. The summed E-state index contributed by atoms with van der Waals surface area (Å²) in [5, 5.41) is 0. The number of hydrogen-bond donors (Lipinski definition) is 0. The number of carbonyl (C=O) groups excluding carboxylic acids is 1. The van der Waals surface area contributed by atoms with Gasteiger partial charge in [0.05, 0.1) is 0 Å². The summed E-state index contributed by atoms with van der Waals surface area (Å²) >= 11 is 0. The second-order valence-corrected chi connectivity index (χ2v) is 15.6. The van der Waals surface area contributed by atoms with Gasteiger partial charge in [0.2, 0.25) is 5.91 Å². The van der Waals surface area contributed by atoms with E-state index in [9.17, 15) is 13.6 Å². The maximum atomic E-state index is 14.8. The van der Waals surface area contributed by atoms with Crippen molar-refractivity contribution in [3.8, 4) is 11.1 Å². The largest absolute Gasteiger partial charge is 0.340 e. The van der Waals surface area contributed by atoms with E-state index in [1.165, 1.54) is 37.1 Å². The number of allylic oxidation sites excluding steroid dienone is 3. The van der Waals surface area contributed by atoms with Gasteiger partial charge in [-0.05, 0) is 131 Å². The van der Waals surface area contributed by atoms with E-state index in [0.717, 1.165) is 52.5 Å². The summed E-state index contributed by atoms with van der Waals surface area (Å²) in [7, 11) is 1.82. The van der Waals surface area contributed by atoms with E-state index in [1.807, 2.05) is 90.8 Å². The van der Waals surface area contributed by atoms with Gasteiger partial charge >= 0.3 is 0 Å². The summed E-state index contributed by atoms with van der Waals surface area (Å²) < 4.78 is 29.1. The molecule has 1 atom stereocenters. The highest BCUT2D eigenvalue weighted by Crippen LogP contribution is 2.40. The van der Waals surface area contributed by atoms with Crippen LogP contribution in [0.15, 0.2) is 109 Å². The van der Waals surface area contributed by atoms with E-state index in [4.69, 9.17) is 0 Å². The smallest absolute Gasteiger partial charge is 0.242 e. The fraction of sp³-hybridized carbons (Fsp3) is 0.396. The van der Waals surface area contributed by atoms with E-state index in [2.05, 4.69) is 38.3 Å². The Labute approximate surface area is 323 Å². The molecule has 2 aliphatic rings. The molecule has 0 N–H and O–H groups in total. The average Bonchev–Trinajstić information content (AvgIpc) is 3.94. The first kappa shape index (κ1) is 40.6. The molecule has 54 heavy (non-hydrogen) atoms. The summed E-state index contributed by atoms with van der Waals surface area (Å²) in [5.41, 5.74) is 9.12. The Morgan fingerprint density at radius 1 is 0.944 bits per heavy atom. The molecule has 0 bridgehead atoms. The van der Waals surface area contributed by atoms with Gasteiger partial charge in [0.1, 0.15) is 18.0 Å². The molecule has 1 saturated heterocycles. The van der Waals surface area contributed by atoms with Crippen LogP contribution >= 0.6 is 0 Å². The molecule has 1 aliphatic carbocycles. The molecular formula is C48H59F2N3O. The number of rotatable bonds is 13. The third kappa shape index (κ3) is 10.6. The highest BCUT2D eigenvalue weighted by molar-refractivity contribution is 5.86. The highest BCUT2D eigenvalue weighted by atomic mass is 19.1. The molecule has 1 unspecified atom stereocenters. The third-order valence-corrected chi connectivity index (χ3v) is 11.1. The molecule has 1 aliphatic heterocycles. The average molecular weight is 732 g/mol. The molecule has 2 fully saturated rings. The minimum absolute atomic E-state index is 0.0390. The van der Waals surface area contributed by atoms with Gasteiger partial charge in [-0.15, -0.1) is 0 Å². The zero-order valence-corrected chi connectivity index (χ0v) is 33.5. The van der Waals surface area contributed by atoms with Crippen molar-refractivity contribution in [1.82, 2.24) is 9.80 Å². The Morgan fingerprint density at radius 3 is 2.17 bits per heavy atom. The number of likely N-dealkylation sites (N-methyl/N-ethyl adjacent to an activating group) is 1. The molecule has 6 rings (SSSR count). The van der Waals surface area contributed by atoms with E-state index in [0.29, 0.717) is 36.1 Å². The quantitative estimate of drug-likeness (QED) is 0.137. The number of benzene rings is 4. The molecule has 1 amide bonds. The fourth-order valence-corrected chi connectivity index (χ4v) is 7.28. The summed E-state index contributed by atoms with van der Waals surface area (Å²) in [6.45, 7) is 19.2. The van der Waals surface area contributed by atoms with Crippen molar-refractivity contribution >= 4 is 17.2 Å². The fourth-order valence-electron chi connectivity index (χ4n) is 7.28. The predicted octanol–water partition coefficient (Wildman–Crippen LogP) is 11.7. The minimum Gasteiger partial charge on any atom is -0.340 e. The van der Waals surface area contributed by atoms with Crippen LogP contribution in [0.5, 0.6) is 0 Å². The number of para-hydroxylation sites is 1. The molecule has 1 heterocycles. The van der Waals surface area contributed by atoms with Crippen molar-refractivity contribution < 1.29 is 13.6 Å². The topological polar surface area (TPSA) is 26.8 Å². The Hall–Kier alpha value is -4.55. The second-order valence-electron chi connectivity index (χ2n) is 15.6. The number of aryl methyl sites for hydroxylation is 2. The molecule has 4 aromatic rings. The lowest BCUT2D eigenvalue weighted by Gasteiger charge is -2.31. The van der Waals surface area contributed by atoms with E-state index in [-0.39, 0.29) is 18.3 Å². The first-order valence-corrected chi connectivity index (χ1v) is 19.6. The van der Waals surface area contributed by atoms with Crippen LogP contribution in [0.1, 0.15) is 94.5 Å². The van der Waals surface area contributed by atoms with Crippen LogP contribution in [-0.2, 0) is 23.4 Å². The van der Waals surface area contributed by atoms with Gasteiger partial charge in [-0.1, -0.05) is 104 Å². The first-order chi connectivity index (χ1) is 25.8. The van der Waals surface area contributed by atoms with Crippen LogP contribution in [0, 0.1) is 12.7 Å². The Kier molecular flexibility index (Phi) is 13.7. The van der Waals surface area contributed by atoms with Gasteiger partial charge in [-0.3, -0.25) is 4.79 Å². The lowest BCUT2D eigenvalue weighted by molar-refractivity contribution is -0.128. The van der Waals surface area contributed by atoms with E-state index >= 15 is 0 Å². The van der Waals surface area contributed by atoms with Gasteiger partial charge in [-0.2, -0.15) is 0 Å². The monoisotopic (exact) mass is 731 g/mol. The molecule has 1 saturated carbocycles. The predicted molar refractivity (Wildman–Crippen MR) is 223 cm³/mol. The minimum atomic E-state index is -1.38. The zero-order chi connectivity index (χ0) is 39.0. The van der Waals surface area contributed by atoms with E-state index < -0.39 is 5.67 Å². The number of halogens is 2. The summed E-state index contributed by atoms with van der Waals surface area (Å²) in [4.78, 5) is 20.1. The number of nitrogens with zero attached hydrogens (tertiary/aromatic N) is 3.